The van der Waals surface area contributed by atoms with Gasteiger partial charge in [-0.25, -0.2) is 0 Å². The van der Waals surface area contributed by atoms with E-state index in [-0.39, 0.29) is 11.5 Å². The summed E-state index contributed by atoms with van der Waals surface area (Å²) < 4.78 is 6.48. The first-order valence-electron chi connectivity index (χ1n) is 11.4. The van der Waals surface area contributed by atoms with E-state index < -0.39 is 11.2 Å². The molecule has 0 saturated carbocycles. The van der Waals surface area contributed by atoms with Gasteiger partial charge in [-0.15, -0.1) is 0 Å². The number of nitriles is 1. The molecule has 1 unspecified atom stereocenters. The molecule has 2 amide bonds. The smallest absolute Gasteiger partial charge is 0.269 e. The van der Waals surface area contributed by atoms with Crippen LogP contribution in [0.5, 0.6) is 5.75 Å². The third-order valence-corrected chi connectivity index (χ3v) is 7.31. The highest BCUT2D eigenvalue weighted by Crippen LogP contribution is 2.42. The number of thioether (sulfide) groups is 1. The predicted octanol–water partition coefficient (Wildman–Crippen LogP) is 6.22. The van der Waals surface area contributed by atoms with Gasteiger partial charge in [-0.1, -0.05) is 52.0 Å². The molecule has 4 rings (SSSR count). The summed E-state index contributed by atoms with van der Waals surface area (Å²) in [6.07, 6.45) is 0.464. The normalized spacial score (nSPS) is 16.4. The number of benzene rings is 3. The highest BCUT2D eigenvalue weighted by molar-refractivity contribution is 9.10. The minimum atomic E-state index is -0.557. The van der Waals surface area contributed by atoms with Crippen LogP contribution in [0.2, 0.25) is 0 Å². The fourth-order valence-corrected chi connectivity index (χ4v) is 5.40. The molecule has 3 aromatic carbocycles. The lowest BCUT2D eigenvalue weighted by molar-refractivity contribution is -0.117. The van der Waals surface area contributed by atoms with Crippen LogP contribution < -0.4 is 15.0 Å². The van der Waals surface area contributed by atoms with Crippen molar-refractivity contribution in [1.29, 1.82) is 5.26 Å². The largest absolute Gasteiger partial charge is 0.494 e. The van der Waals surface area contributed by atoms with Crippen LogP contribution in [0.15, 0.2) is 87.9 Å². The van der Waals surface area contributed by atoms with Gasteiger partial charge in [0.2, 0.25) is 5.91 Å². The van der Waals surface area contributed by atoms with E-state index in [2.05, 4.69) is 21.2 Å². The summed E-state index contributed by atoms with van der Waals surface area (Å²) in [5.74, 6) is -0.0630. The molecule has 1 heterocycles. The van der Waals surface area contributed by atoms with E-state index in [1.165, 1.54) is 16.7 Å². The zero-order valence-electron chi connectivity index (χ0n) is 19.8. The van der Waals surface area contributed by atoms with Crippen LogP contribution in [0.4, 0.5) is 11.4 Å². The number of nitrogens with one attached hydrogen (secondary N) is 1. The van der Waals surface area contributed by atoms with Gasteiger partial charge in [-0.2, -0.15) is 5.26 Å². The molecule has 1 atom stereocenters. The summed E-state index contributed by atoms with van der Waals surface area (Å²) in [6.45, 7) is 4.34. The van der Waals surface area contributed by atoms with Crippen LogP contribution in [0.3, 0.4) is 0 Å². The summed E-state index contributed by atoms with van der Waals surface area (Å²) in [4.78, 5) is 28.3. The molecular formula is C28H24BrN3O3S. The van der Waals surface area contributed by atoms with Crippen molar-refractivity contribution in [3.8, 4) is 11.8 Å². The Labute approximate surface area is 223 Å². The minimum absolute atomic E-state index is 0.109. The van der Waals surface area contributed by atoms with Crippen molar-refractivity contribution in [2.45, 2.75) is 25.5 Å². The maximum Gasteiger partial charge on any atom is 0.269 e. The lowest BCUT2D eigenvalue weighted by Gasteiger charge is -2.19. The van der Waals surface area contributed by atoms with Crippen LogP contribution in [0.25, 0.3) is 0 Å². The molecule has 1 N–H and O–H groups in total. The van der Waals surface area contributed by atoms with Gasteiger partial charge in [0.05, 0.1) is 11.9 Å². The number of ether oxygens (including phenoxy) is 1. The Kier molecular flexibility index (Phi) is 8.14. The lowest BCUT2D eigenvalue weighted by atomic mass is 10.1. The Morgan fingerprint density at radius 3 is 2.50 bits per heavy atom. The third-order valence-electron chi connectivity index (χ3n) is 5.52. The number of rotatable bonds is 7. The average Bonchev–Trinajstić information content (AvgIpc) is 3.17. The molecular weight excluding hydrogens is 538 g/mol. The molecule has 182 valence electrons. The Morgan fingerprint density at radius 2 is 1.86 bits per heavy atom. The molecule has 1 fully saturated rings. The molecule has 1 saturated heterocycles. The van der Waals surface area contributed by atoms with Gasteiger partial charge in [-0.3, -0.25) is 14.5 Å². The Balaban J connectivity index is 1.71. The quantitative estimate of drug-likeness (QED) is 0.273. The molecule has 0 bridgehead atoms. The monoisotopic (exact) mass is 561 g/mol. The van der Waals surface area contributed by atoms with E-state index in [1.54, 1.807) is 30.3 Å². The summed E-state index contributed by atoms with van der Waals surface area (Å²) >= 11 is 4.67. The number of hydrogen-bond donors (Lipinski definition) is 1. The van der Waals surface area contributed by atoms with Crippen LogP contribution in [-0.4, -0.2) is 23.7 Å². The van der Waals surface area contributed by atoms with Crippen molar-refractivity contribution in [1.82, 2.24) is 0 Å². The fraction of sp³-hybridized carbons (Fsp3) is 0.179. The number of anilines is 2. The van der Waals surface area contributed by atoms with Gasteiger partial charge in [0, 0.05) is 15.8 Å². The summed E-state index contributed by atoms with van der Waals surface area (Å²) in [7, 11) is 0. The molecule has 3 aromatic rings. The predicted molar refractivity (Wildman–Crippen MR) is 147 cm³/mol. The zero-order valence-corrected chi connectivity index (χ0v) is 22.2. The number of hydrogen-bond acceptors (Lipinski definition) is 5. The summed E-state index contributed by atoms with van der Waals surface area (Å²) in [5.41, 5.74) is 3.01. The molecule has 0 aliphatic carbocycles. The van der Waals surface area contributed by atoms with Gasteiger partial charge >= 0.3 is 0 Å². The second kappa shape index (κ2) is 11.5. The number of aryl methyl sites for hydroxylation is 1. The topological polar surface area (TPSA) is 82.4 Å². The Morgan fingerprint density at radius 1 is 1.14 bits per heavy atom. The zero-order chi connectivity index (χ0) is 25.7. The number of nitrogens with zero attached hydrogens (tertiary/aromatic N) is 2. The van der Waals surface area contributed by atoms with Crippen molar-refractivity contribution >= 4 is 50.9 Å². The molecule has 36 heavy (non-hydrogen) atoms. The van der Waals surface area contributed by atoms with Crippen molar-refractivity contribution in [3.63, 3.8) is 0 Å². The molecule has 0 radical (unpaired) electrons. The molecule has 0 aromatic heterocycles. The van der Waals surface area contributed by atoms with E-state index in [9.17, 15) is 14.9 Å². The standard InChI is InChI=1S/C28H24BrN3O3S/c1-3-35-23-13-11-22(12-14-23)32-27(34)25(16-19-7-9-20(29)10-8-19)36-28(32)24(17-30)26(33)31-21-6-4-5-18(2)15-21/h4-15,25H,3,16H2,1-2H3,(H,31,33)/b28-24-. The third kappa shape index (κ3) is 5.81. The van der Waals surface area contributed by atoms with Gasteiger partial charge in [0.1, 0.15) is 22.4 Å². The van der Waals surface area contributed by atoms with Gasteiger partial charge in [-0.05, 0) is 79.9 Å². The second-order valence-corrected chi connectivity index (χ2v) is 10.3. The van der Waals surface area contributed by atoms with E-state index in [4.69, 9.17) is 4.74 Å². The summed E-state index contributed by atoms with van der Waals surface area (Å²) in [5, 5.41) is 12.6. The van der Waals surface area contributed by atoms with Crippen LogP contribution in [0.1, 0.15) is 18.1 Å². The lowest BCUT2D eigenvalue weighted by Crippen LogP contribution is -2.30. The number of halogens is 1. The first-order valence-corrected chi connectivity index (χ1v) is 13.1. The van der Waals surface area contributed by atoms with Gasteiger partial charge in [0.25, 0.3) is 5.91 Å². The molecule has 1 aliphatic heterocycles. The van der Waals surface area contributed by atoms with E-state index in [0.717, 1.165) is 15.6 Å². The number of carbonyl (C=O) groups excluding carboxylic acids is 2. The Hall–Kier alpha value is -3.54. The average molecular weight is 562 g/mol. The van der Waals surface area contributed by atoms with Crippen LogP contribution in [-0.2, 0) is 16.0 Å². The molecule has 0 spiro atoms. The highest BCUT2D eigenvalue weighted by atomic mass is 79.9. The Bertz CT molecular complexity index is 1350. The number of amides is 2. The maximum atomic E-state index is 13.6. The van der Waals surface area contributed by atoms with Crippen LogP contribution >= 0.6 is 27.7 Å². The van der Waals surface area contributed by atoms with E-state index >= 15 is 0 Å². The van der Waals surface area contributed by atoms with Gasteiger partial charge in [0.15, 0.2) is 0 Å². The van der Waals surface area contributed by atoms with Crippen LogP contribution in [0, 0.1) is 18.3 Å². The first kappa shape index (κ1) is 25.5. The SMILES string of the molecule is CCOc1ccc(N2C(=O)C(Cc3ccc(Br)cc3)S/C2=C(/C#N)C(=O)Nc2cccc(C)c2)cc1. The summed E-state index contributed by atoms with van der Waals surface area (Å²) in [6, 6.07) is 24.2. The molecule has 6 nitrogen and oxygen atoms in total. The fourth-order valence-electron chi connectivity index (χ4n) is 3.83. The van der Waals surface area contributed by atoms with E-state index in [0.29, 0.717) is 35.2 Å². The van der Waals surface area contributed by atoms with Crippen molar-refractivity contribution in [2.75, 3.05) is 16.8 Å². The van der Waals surface area contributed by atoms with Crippen molar-refractivity contribution in [3.05, 3.63) is 99.0 Å². The van der Waals surface area contributed by atoms with Crippen molar-refractivity contribution in [2.24, 2.45) is 0 Å². The van der Waals surface area contributed by atoms with E-state index in [1.807, 2.05) is 62.4 Å². The van der Waals surface area contributed by atoms with Gasteiger partial charge < -0.3 is 10.1 Å². The maximum absolute atomic E-state index is 13.6. The number of carbonyl (C=O) groups is 2. The second-order valence-electron chi connectivity index (χ2n) is 8.15. The minimum Gasteiger partial charge on any atom is -0.494 e. The van der Waals surface area contributed by atoms with Crippen molar-refractivity contribution < 1.29 is 14.3 Å². The molecule has 1 aliphatic rings. The molecule has 8 heteroatoms. The first-order chi connectivity index (χ1) is 17.4. The highest BCUT2D eigenvalue weighted by Gasteiger charge is 2.40.